The second-order valence-corrected chi connectivity index (χ2v) is 16.1. The molecule has 4 rings (SSSR count). The van der Waals surface area contributed by atoms with Gasteiger partial charge in [0.2, 0.25) is 0 Å². The molecule has 0 aromatic heterocycles. The molecule has 13 heteroatoms. The zero-order valence-electron chi connectivity index (χ0n) is 35.5. The summed E-state index contributed by atoms with van der Waals surface area (Å²) >= 11 is 0. The molecule has 2 unspecified atom stereocenters. The molecule has 0 radical (unpaired) electrons. The molecule has 0 saturated carbocycles. The first-order valence-electron chi connectivity index (χ1n) is 22.1. The Morgan fingerprint density at radius 1 is 0.586 bits per heavy atom. The Labute approximate surface area is 345 Å². The van der Waals surface area contributed by atoms with Crippen molar-refractivity contribution in [2.75, 3.05) is 13.2 Å². The topological polar surface area (TPSA) is 159 Å². The summed E-state index contributed by atoms with van der Waals surface area (Å²) in [7, 11) is 0. The lowest BCUT2D eigenvalue weighted by atomic mass is 9.99. The van der Waals surface area contributed by atoms with Gasteiger partial charge in [0.15, 0.2) is 11.6 Å². The lowest BCUT2D eigenvalue weighted by molar-refractivity contribution is -0.385. The maximum Gasteiger partial charge on any atom is 0.519 e. The van der Waals surface area contributed by atoms with Crippen LogP contribution in [0.1, 0.15) is 167 Å². The van der Waals surface area contributed by atoms with E-state index in [4.69, 9.17) is 28.4 Å². The fraction of sp³-hybridized carbons (Fsp3) is 0.711. The van der Waals surface area contributed by atoms with Crippen LogP contribution in [0, 0.1) is 20.2 Å². The van der Waals surface area contributed by atoms with Crippen molar-refractivity contribution >= 4 is 17.5 Å². The van der Waals surface area contributed by atoms with Gasteiger partial charge in [0.25, 0.3) is 11.4 Å². The molecule has 2 aromatic carbocycles. The molecule has 2 aliphatic heterocycles. The van der Waals surface area contributed by atoms with Crippen LogP contribution in [0.3, 0.4) is 0 Å². The smallest absolute Gasteiger partial charge is 0.394 e. The molecular formula is C45H68N2O11. The first-order chi connectivity index (χ1) is 28.0. The molecule has 2 saturated heterocycles. The van der Waals surface area contributed by atoms with Crippen LogP contribution in [-0.2, 0) is 31.8 Å². The zero-order chi connectivity index (χ0) is 41.8. The number of nitro groups is 2. The number of nitrogens with zero attached hydrogens (tertiary/aromatic N) is 2. The van der Waals surface area contributed by atoms with E-state index in [0.29, 0.717) is 24.3 Å². The van der Waals surface area contributed by atoms with Crippen molar-refractivity contribution in [1.29, 1.82) is 0 Å². The Morgan fingerprint density at radius 3 is 1.24 bits per heavy atom. The minimum Gasteiger partial charge on any atom is -0.394 e. The Bertz CT molecular complexity index is 1450. The largest absolute Gasteiger partial charge is 0.519 e. The third-order valence-electron chi connectivity index (χ3n) is 11.3. The Morgan fingerprint density at radius 2 is 0.931 bits per heavy atom. The Balaban J connectivity index is 1.48. The van der Waals surface area contributed by atoms with Gasteiger partial charge in [-0.1, -0.05) is 105 Å². The molecule has 0 aliphatic carbocycles. The number of rotatable bonds is 28. The van der Waals surface area contributed by atoms with Crippen LogP contribution in [-0.4, -0.2) is 53.0 Å². The average Bonchev–Trinajstić information content (AvgIpc) is 3.80. The molecule has 0 spiro atoms. The number of unbranched alkanes of at least 4 members (excludes halogenated alkanes) is 12. The molecule has 324 valence electrons. The number of carbonyl (C=O) groups is 1. The van der Waals surface area contributed by atoms with Gasteiger partial charge in [-0.25, -0.2) is 4.79 Å². The van der Waals surface area contributed by atoms with Crippen LogP contribution < -0.4 is 9.47 Å². The molecular weight excluding hydrogens is 744 g/mol. The van der Waals surface area contributed by atoms with E-state index in [9.17, 15) is 25.0 Å². The van der Waals surface area contributed by atoms with Crippen molar-refractivity contribution < 1.29 is 43.1 Å². The minimum absolute atomic E-state index is 0.0921. The van der Waals surface area contributed by atoms with Crippen LogP contribution >= 0.6 is 0 Å². The molecule has 13 nitrogen and oxygen atoms in total. The summed E-state index contributed by atoms with van der Waals surface area (Å²) in [6.07, 6.45) is 19.0. The monoisotopic (exact) mass is 812 g/mol. The lowest BCUT2D eigenvalue weighted by Gasteiger charge is -2.28. The van der Waals surface area contributed by atoms with E-state index in [0.717, 1.165) is 128 Å². The fourth-order valence-corrected chi connectivity index (χ4v) is 8.06. The van der Waals surface area contributed by atoms with Crippen LogP contribution in [0.5, 0.6) is 11.5 Å². The van der Waals surface area contributed by atoms with Crippen LogP contribution in [0.4, 0.5) is 16.2 Å². The lowest BCUT2D eigenvalue weighted by Crippen LogP contribution is -2.31. The summed E-state index contributed by atoms with van der Waals surface area (Å²) in [5, 5.41) is 23.6. The first kappa shape index (κ1) is 47.0. The molecule has 2 atom stereocenters. The number of ether oxygens (including phenoxy) is 6. The summed E-state index contributed by atoms with van der Waals surface area (Å²) in [4.78, 5) is 36.1. The summed E-state index contributed by atoms with van der Waals surface area (Å²) in [6, 6.07) is 8.09. The van der Waals surface area contributed by atoms with Crippen LogP contribution in [0.25, 0.3) is 0 Å². The zero-order valence-corrected chi connectivity index (χ0v) is 35.5. The van der Waals surface area contributed by atoms with Crippen molar-refractivity contribution in [3.8, 4) is 11.5 Å². The van der Waals surface area contributed by atoms with Crippen molar-refractivity contribution in [2.45, 2.75) is 193 Å². The highest BCUT2D eigenvalue weighted by Crippen LogP contribution is 2.39. The Hall–Kier alpha value is -3.65. The molecule has 2 aliphatic rings. The van der Waals surface area contributed by atoms with E-state index in [1.807, 2.05) is 0 Å². The average molecular weight is 813 g/mol. The van der Waals surface area contributed by atoms with E-state index in [1.165, 1.54) is 36.4 Å². The highest BCUT2D eigenvalue weighted by Gasteiger charge is 2.42. The maximum absolute atomic E-state index is 13.5. The Kier molecular flexibility index (Phi) is 19.8. The predicted molar refractivity (Wildman–Crippen MR) is 222 cm³/mol. The van der Waals surface area contributed by atoms with Gasteiger partial charge in [-0.05, 0) is 37.8 Å². The van der Waals surface area contributed by atoms with Crippen molar-refractivity contribution in [1.82, 2.24) is 0 Å². The van der Waals surface area contributed by atoms with Crippen LogP contribution in [0.2, 0.25) is 0 Å². The van der Waals surface area contributed by atoms with E-state index in [2.05, 4.69) is 27.7 Å². The normalized spacial score (nSPS) is 18.3. The van der Waals surface area contributed by atoms with Crippen LogP contribution in [0.15, 0.2) is 36.4 Å². The SMILES string of the molecule is CCCCCCC1(CCCCCC)OCC(Cc2cc([N+](=O)[O-])ccc2OC(=O)Oc2ccc([N+](=O)[O-])cc2CC2COC(CCCCCC)(CCCCCC)O2)O1. The summed E-state index contributed by atoms with van der Waals surface area (Å²) in [5.41, 5.74) is 0.510. The van der Waals surface area contributed by atoms with Gasteiger partial charge in [-0.15, -0.1) is 0 Å². The summed E-state index contributed by atoms with van der Waals surface area (Å²) in [5.74, 6) is -1.24. The highest BCUT2D eigenvalue weighted by atomic mass is 16.8. The van der Waals surface area contributed by atoms with Crippen molar-refractivity contribution in [3.05, 3.63) is 67.8 Å². The van der Waals surface area contributed by atoms with E-state index in [-0.39, 0.29) is 35.7 Å². The van der Waals surface area contributed by atoms with E-state index >= 15 is 0 Å². The van der Waals surface area contributed by atoms with Gasteiger partial charge >= 0.3 is 6.16 Å². The van der Waals surface area contributed by atoms with Gasteiger partial charge in [0, 0.05) is 73.9 Å². The standard InChI is InChI=1S/C45H68N2O11/c1-5-9-13-17-25-44(26-18-14-10-6-2)53-33-39(57-44)31-35-29-37(46(49)50)21-23-41(35)55-43(48)56-42-24-22-38(47(51)52)30-36(42)32-40-34-54-45(58-40,27-19-15-11-7-3)28-20-16-12-8-4/h21-24,29-30,39-40H,5-20,25-28,31-34H2,1-4H3. The number of benzene rings is 2. The molecule has 58 heavy (non-hydrogen) atoms. The van der Waals surface area contributed by atoms with E-state index < -0.39 is 39.8 Å². The quantitative estimate of drug-likeness (QED) is 0.0264. The predicted octanol–water partition coefficient (Wildman–Crippen LogP) is 12.3. The van der Waals surface area contributed by atoms with Crippen molar-refractivity contribution in [2.24, 2.45) is 0 Å². The fourth-order valence-electron chi connectivity index (χ4n) is 8.06. The minimum atomic E-state index is -1.08. The maximum atomic E-state index is 13.5. The number of non-ortho nitro benzene ring substituents is 2. The molecule has 2 heterocycles. The number of carbonyl (C=O) groups excluding carboxylic acids is 1. The van der Waals surface area contributed by atoms with Gasteiger partial charge in [0.05, 0.1) is 35.3 Å². The third-order valence-corrected chi connectivity index (χ3v) is 11.3. The van der Waals surface area contributed by atoms with E-state index in [1.54, 1.807) is 0 Å². The third kappa shape index (κ3) is 14.9. The van der Waals surface area contributed by atoms with Crippen molar-refractivity contribution in [3.63, 3.8) is 0 Å². The second-order valence-electron chi connectivity index (χ2n) is 16.1. The number of hydrogen-bond donors (Lipinski definition) is 0. The molecule has 0 amide bonds. The van der Waals surface area contributed by atoms with Gasteiger partial charge < -0.3 is 28.4 Å². The highest BCUT2D eigenvalue weighted by molar-refractivity contribution is 5.69. The molecule has 2 fully saturated rings. The van der Waals surface area contributed by atoms with Gasteiger partial charge in [-0.3, -0.25) is 20.2 Å². The molecule has 2 aromatic rings. The second kappa shape index (κ2) is 24.4. The first-order valence-corrected chi connectivity index (χ1v) is 22.1. The summed E-state index contributed by atoms with van der Waals surface area (Å²) < 4.78 is 37.4. The van der Waals surface area contributed by atoms with Gasteiger partial charge in [-0.2, -0.15) is 0 Å². The number of nitro benzene ring substituents is 2. The summed E-state index contributed by atoms with van der Waals surface area (Å²) in [6.45, 7) is 9.32. The number of hydrogen-bond acceptors (Lipinski definition) is 11. The van der Waals surface area contributed by atoms with Gasteiger partial charge in [0.1, 0.15) is 11.5 Å². The molecule has 0 N–H and O–H groups in total. The molecule has 0 bridgehead atoms.